The highest BCUT2D eigenvalue weighted by molar-refractivity contribution is 7.14. The van der Waals surface area contributed by atoms with Crippen LogP contribution in [0.2, 0.25) is 0 Å². The Morgan fingerprint density at radius 1 is 1.47 bits per heavy atom. The van der Waals surface area contributed by atoms with Crippen LogP contribution >= 0.6 is 11.3 Å². The first-order chi connectivity index (χ1) is 9.11. The van der Waals surface area contributed by atoms with Gasteiger partial charge in [-0.3, -0.25) is 4.79 Å². The van der Waals surface area contributed by atoms with Crippen LogP contribution in [0, 0.1) is 12.3 Å². The van der Waals surface area contributed by atoms with Crippen molar-refractivity contribution in [3.05, 3.63) is 21.4 Å². The van der Waals surface area contributed by atoms with E-state index in [9.17, 15) is 9.59 Å². The van der Waals surface area contributed by atoms with Gasteiger partial charge in [-0.25, -0.2) is 4.79 Å². The fourth-order valence-electron chi connectivity index (χ4n) is 2.15. The van der Waals surface area contributed by atoms with Gasteiger partial charge in [-0.05, 0) is 37.3 Å². The van der Waals surface area contributed by atoms with Gasteiger partial charge < -0.3 is 10.4 Å². The van der Waals surface area contributed by atoms with Crippen LogP contribution in [0.1, 0.15) is 39.4 Å². The summed E-state index contributed by atoms with van der Waals surface area (Å²) in [6, 6.07) is 0.861. The summed E-state index contributed by atoms with van der Waals surface area (Å²) >= 11 is 1.46. The van der Waals surface area contributed by atoms with E-state index in [0.29, 0.717) is 4.88 Å². The minimum atomic E-state index is -1.10. The van der Waals surface area contributed by atoms with E-state index in [0.717, 1.165) is 25.7 Å². The average molecular weight is 277 g/mol. The highest BCUT2D eigenvalue weighted by Gasteiger charge is 2.22. The van der Waals surface area contributed by atoms with Crippen molar-refractivity contribution in [2.45, 2.75) is 38.1 Å². The SMILES string of the molecule is C#CCC(NC(=O)c1cc2c(s1)CCCC2)C(=O)O. The van der Waals surface area contributed by atoms with Crippen molar-refractivity contribution in [3.63, 3.8) is 0 Å². The molecule has 5 heteroatoms. The number of amides is 1. The smallest absolute Gasteiger partial charge is 0.327 e. The van der Waals surface area contributed by atoms with Crippen molar-refractivity contribution < 1.29 is 14.7 Å². The molecule has 0 saturated heterocycles. The molecule has 19 heavy (non-hydrogen) atoms. The van der Waals surface area contributed by atoms with E-state index in [2.05, 4.69) is 11.2 Å². The van der Waals surface area contributed by atoms with Gasteiger partial charge in [-0.1, -0.05) is 0 Å². The topological polar surface area (TPSA) is 66.4 Å². The normalized spacial score (nSPS) is 15.1. The molecule has 1 heterocycles. The monoisotopic (exact) mass is 277 g/mol. The Morgan fingerprint density at radius 2 is 2.21 bits per heavy atom. The van der Waals surface area contributed by atoms with Crippen LogP contribution in [0.15, 0.2) is 6.07 Å². The predicted octanol–water partition coefficient (Wildman–Crippen LogP) is 1.83. The number of thiophene rings is 1. The number of fused-ring (bicyclic) bond motifs is 1. The van der Waals surface area contributed by atoms with Crippen molar-refractivity contribution in [3.8, 4) is 12.3 Å². The summed E-state index contributed by atoms with van der Waals surface area (Å²) in [6.07, 6.45) is 9.42. The fraction of sp³-hybridized carbons (Fsp3) is 0.429. The molecular weight excluding hydrogens is 262 g/mol. The number of aryl methyl sites for hydroxylation is 2. The van der Waals surface area contributed by atoms with Gasteiger partial charge in [0.25, 0.3) is 5.91 Å². The maximum Gasteiger partial charge on any atom is 0.327 e. The zero-order valence-electron chi connectivity index (χ0n) is 10.4. The van der Waals surface area contributed by atoms with Gasteiger partial charge in [-0.15, -0.1) is 23.7 Å². The molecule has 4 nitrogen and oxygen atoms in total. The summed E-state index contributed by atoms with van der Waals surface area (Å²) in [4.78, 5) is 24.8. The second kappa shape index (κ2) is 5.89. The van der Waals surface area contributed by atoms with Crippen LogP contribution in [0.3, 0.4) is 0 Å². The number of carboxylic acids is 1. The molecule has 0 fully saturated rings. The van der Waals surface area contributed by atoms with Crippen LogP contribution in [0.25, 0.3) is 0 Å². The van der Waals surface area contributed by atoms with E-state index in [4.69, 9.17) is 11.5 Å². The minimum Gasteiger partial charge on any atom is -0.480 e. The maximum absolute atomic E-state index is 12.0. The van der Waals surface area contributed by atoms with Crippen molar-refractivity contribution in [1.82, 2.24) is 5.32 Å². The number of carbonyl (C=O) groups excluding carboxylic acids is 1. The highest BCUT2D eigenvalue weighted by Crippen LogP contribution is 2.29. The molecule has 1 amide bonds. The van der Waals surface area contributed by atoms with E-state index < -0.39 is 12.0 Å². The van der Waals surface area contributed by atoms with E-state index in [1.165, 1.54) is 21.8 Å². The molecule has 1 aromatic rings. The number of aliphatic carboxylic acids is 1. The third-order valence-corrected chi connectivity index (χ3v) is 4.38. The third kappa shape index (κ3) is 3.15. The largest absolute Gasteiger partial charge is 0.480 e. The highest BCUT2D eigenvalue weighted by atomic mass is 32.1. The van der Waals surface area contributed by atoms with Gasteiger partial charge in [0.2, 0.25) is 0 Å². The molecule has 0 aliphatic heterocycles. The Morgan fingerprint density at radius 3 is 2.84 bits per heavy atom. The number of rotatable bonds is 4. The van der Waals surface area contributed by atoms with Gasteiger partial charge in [-0.2, -0.15) is 0 Å². The number of carboxylic acid groups (broad SMARTS) is 1. The number of hydrogen-bond acceptors (Lipinski definition) is 3. The van der Waals surface area contributed by atoms with Crippen molar-refractivity contribution in [2.75, 3.05) is 0 Å². The van der Waals surface area contributed by atoms with Crippen LogP contribution in [-0.2, 0) is 17.6 Å². The van der Waals surface area contributed by atoms with E-state index in [1.807, 2.05) is 6.07 Å². The zero-order chi connectivity index (χ0) is 13.8. The van der Waals surface area contributed by atoms with Gasteiger partial charge in [0.05, 0.1) is 4.88 Å². The summed E-state index contributed by atoms with van der Waals surface area (Å²) in [5.41, 5.74) is 1.23. The van der Waals surface area contributed by atoms with E-state index in [-0.39, 0.29) is 12.3 Å². The molecule has 2 N–H and O–H groups in total. The molecule has 0 saturated carbocycles. The molecule has 0 bridgehead atoms. The van der Waals surface area contributed by atoms with Crippen LogP contribution < -0.4 is 5.32 Å². The van der Waals surface area contributed by atoms with Gasteiger partial charge >= 0.3 is 5.97 Å². The fourth-order valence-corrected chi connectivity index (χ4v) is 3.31. The first kappa shape index (κ1) is 13.6. The second-order valence-corrected chi connectivity index (χ2v) is 5.68. The molecule has 2 rings (SSSR count). The first-order valence-electron chi connectivity index (χ1n) is 6.20. The third-order valence-electron chi connectivity index (χ3n) is 3.15. The van der Waals surface area contributed by atoms with Crippen LogP contribution in [-0.4, -0.2) is 23.0 Å². The summed E-state index contributed by atoms with van der Waals surface area (Å²) in [5.74, 6) is 0.813. The quantitative estimate of drug-likeness (QED) is 0.825. The minimum absolute atomic E-state index is 0.00777. The van der Waals surface area contributed by atoms with Crippen molar-refractivity contribution in [1.29, 1.82) is 0 Å². The Bertz CT molecular complexity index is 518. The zero-order valence-corrected chi connectivity index (χ0v) is 11.3. The number of nitrogens with one attached hydrogen (secondary N) is 1. The Labute approximate surface area is 115 Å². The first-order valence-corrected chi connectivity index (χ1v) is 7.02. The molecule has 1 aliphatic carbocycles. The Balaban J connectivity index is 2.09. The summed E-state index contributed by atoms with van der Waals surface area (Å²) in [5, 5.41) is 11.4. The van der Waals surface area contributed by atoms with Crippen LogP contribution in [0.5, 0.6) is 0 Å². The van der Waals surface area contributed by atoms with Crippen LogP contribution in [0.4, 0.5) is 0 Å². The number of hydrogen-bond donors (Lipinski definition) is 2. The summed E-state index contributed by atoms with van der Waals surface area (Å²) in [6.45, 7) is 0. The second-order valence-electron chi connectivity index (χ2n) is 4.54. The molecule has 1 unspecified atom stereocenters. The molecule has 0 radical (unpaired) electrons. The number of carbonyl (C=O) groups is 2. The molecule has 1 aromatic heterocycles. The molecular formula is C14H15NO3S. The molecule has 0 aromatic carbocycles. The lowest BCUT2D eigenvalue weighted by Crippen LogP contribution is -2.40. The number of terminal acetylenes is 1. The van der Waals surface area contributed by atoms with Gasteiger partial charge in [0.1, 0.15) is 6.04 Å². The van der Waals surface area contributed by atoms with Crippen molar-refractivity contribution >= 4 is 23.2 Å². The maximum atomic E-state index is 12.0. The van der Waals surface area contributed by atoms with Gasteiger partial charge in [0, 0.05) is 11.3 Å². The lowest BCUT2D eigenvalue weighted by molar-refractivity contribution is -0.139. The van der Waals surface area contributed by atoms with E-state index in [1.54, 1.807) is 0 Å². The lowest BCUT2D eigenvalue weighted by Gasteiger charge is -2.10. The van der Waals surface area contributed by atoms with E-state index >= 15 is 0 Å². The lowest BCUT2D eigenvalue weighted by atomic mass is 9.99. The molecule has 0 spiro atoms. The molecule has 1 aliphatic rings. The standard InChI is InChI=1S/C14H15NO3S/c1-2-5-10(14(17)18)15-13(16)12-8-9-6-3-4-7-11(9)19-12/h1,8,10H,3-7H2,(H,15,16)(H,17,18). The summed E-state index contributed by atoms with van der Waals surface area (Å²) in [7, 11) is 0. The predicted molar refractivity (Wildman–Crippen MR) is 73.3 cm³/mol. The van der Waals surface area contributed by atoms with Gasteiger partial charge in [0.15, 0.2) is 0 Å². The Kier molecular flexibility index (Phi) is 4.23. The average Bonchev–Trinajstić information content (AvgIpc) is 2.81. The molecule has 100 valence electrons. The molecule has 1 atom stereocenters. The van der Waals surface area contributed by atoms with Crippen molar-refractivity contribution in [2.24, 2.45) is 0 Å². The Hall–Kier alpha value is -1.80. The summed E-state index contributed by atoms with van der Waals surface area (Å²) < 4.78 is 0.